The van der Waals surface area contributed by atoms with Crippen molar-refractivity contribution in [3.8, 4) is 0 Å². The van der Waals surface area contributed by atoms with Crippen molar-refractivity contribution < 1.29 is 8.42 Å². The highest BCUT2D eigenvalue weighted by Gasteiger charge is 2.31. The van der Waals surface area contributed by atoms with Gasteiger partial charge in [-0.25, -0.2) is 8.42 Å². The Hall–Kier alpha value is -0.980. The highest BCUT2D eigenvalue weighted by atomic mass is 32.2. The van der Waals surface area contributed by atoms with E-state index in [9.17, 15) is 8.42 Å². The summed E-state index contributed by atoms with van der Waals surface area (Å²) in [6, 6.07) is 6.97. The second-order valence-corrected chi connectivity index (χ2v) is 7.33. The summed E-state index contributed by atoms with van der Waals surface area (Å²) < 4.78 is 26.6. The fourth-order valence-corrected chi connectivity index (χ4v) is 4.14. The summed E-state index contributed by atoms with van der Waals surface area (Å²) in [5.74, 6) is -0.0108. The zero-order valence-corrected chi connectivity index (χ0v) is 12.5. The van der Waals surface area contributed by atoms with Gasteiger partial charge in [0, 0.05) is 19.0 Å². The smallest absolute Gasteiger partial charge is 0.243 e. The number of piperidine rings is 1. The van der Waals surface area contributed by atoms with Crippen LogP contribution in [-0.2, 0) is 10.0 Å². The standard InChI is InChI=1S/C13H18N2O2S2/c1-10-4-2-6-12(8-10)19(16,17)15-7-3-5-11(9-15)13(14)18/h2,4,6,8,11H,3,5,7,9H2,1H3,(H2,14,18). The molecule has 2 rings (SSSR count). The number of thiocarbonyl (C=S) groups is 1. The van der Waals surface area contributed by atoms with Gasteiger partial charge in [-0.1, -0.05) is 24.4 Å². The molecule has 0 aliphatic carbocycles. The van der Waals surface area contributed by atoms with E-state index in [1.807, 2.05) is 13.0 Å². The van der Waals surface area contributed by atoms with Crippen molar-refractivity contribution in [2.45, 2.75) is 24.7 Å². The fraction of sp³-hybridized carbons (Fsp3) is 0.462. The summed E-state index contributed by atoms with van der Waals surface area (Å²) in [7, 11) is -3.43. The predicted molar refractivity (Wildman–Crippen MR) is 79.4 cm³/mol. The molecule has 104 valence electrons. The third-order valence-electron chi connectivity index (χ3n) is 3.41. The molecule has 19 heavy (non-hydrogen) atoms. The van der Waals surface area contributed by atoms with Crippen molar-refractivity contribution in [3.05, 3.63) is 29.8 Å². The number of hydrogen-bond acceptors (Lipinski definition) is 3. The van der Waals surface area contributed by atoms with Crippen LogP contribution in [0.4, 0.5) is 0 Å². The molecule has 1 aliphatic heterocycles. The first-order valence-electron chi connectivity index (χ1n) is 6.27. The second-order valence-electron chi connectivity index (χ2n) is 4.92. The van der Waals surface area contributed by atoms with Crippen LogP contribution < -0.4 is 5.73 Å². The van der Waals surface area contributed by atoms with Crippen LogP contribution >= 0.6 is 12.2 Å². The fourth-order valence-electron chi connectivity index (χ4n) is 2.32. The van der Waals surface area contributed by atoms with Crippen molar-refractivity contribution in [3.63, 3.8) is 0 Å². The highest BCUT2D eigenvalue weighted by molar-refractivity contribution is 7.89. The first kappa shape index (κ1) is 14.4. The zero-order chi connectivity index (χ0) is 14.0. The maximum Gasteiger partial charge on any atom is 0.243 e. The second kappa shape index (κ2) is 5.56. The number of benzene rings is 1. The number of nitrogens with zero attached hydrogens (tertiary/aromatic N) is 1. The van der Waals surface area contributed by atoms with Crippen molar-refractivity contribution in [1.82, 2.24) is 4.31 Å². The first-order valence-corrected chi connectivity index (χ1v) is 8.12. The van der Waals surface area contributed by atoms with Crippen LogP contribution in [-0.4, -0.2) is 30.8 Å². The van der Waals surface area contributed by atoms with Crippen LogP contribution in [0.1, 0.15) is 18.4 Å². The molecular formula is C13H18N2O2S2. The molecule has 4 nitrogen and oxygen atoms in total. The molecule has 1 saturated heterocycles. The monoisotopic (exact) mass is 298 g/mol. The van der Waals surface area contributed by atoms with E-state index in [1.165, 1.54) is 4.31 Å². The maximum absolute atomic E-state index is 12.5. The summed E-state index contributed by atoms with van der Waals surface area (Å²) in [5, 5.41) is 0. The molecule has 1 aliphatic rings. The average Bonchev–Trinajstić information content (AvgIpc) is 2.39. The van der Waals surface area contributed by atoms with Gasteiger partial charge < -0.3 is 5.73 Å². The third kappa shape index (κ3) is 3.13. The maximum atomic E-state index is 12.5. The third-order valence-corrected chi connectivity index (χ3v) is 5.61. The van der Waals surface area contributed by atoms with Crippen molar-refractivity contribution in [2.75, 3.05) is 13.1 Å². The number of nitrogens with two attached hydrogens (primary N) is 1. The number of rotatable bonds is 3. The summed E-state index contributed by atoms with van der Waals surface area (Å²) in [6.07, 6.45) is 1.67. The SMILES string of the molecule is Cc1cccc(S(=O)(=O)N2CCCC(C(N)=S)C2)c1. The Morgan fingerprint density at radius 1 is 1.47 bits per heavy atom. The van der Waals surface area contributed by atoms with Gasteiger partial charge in [-0.3, -0.25) is 0 Å². The van der Waals surface area contributed by atoms with E-state index in [0.29, 0.717) is 23.0 Å². The molecule has 0 saturated carbocycles. The number of hydrogen-bond donors (Lipinski definition) is 1. The number of sulfonamides is 1. The lowest BCUT2D eigenvalue weighted by atomic mass is 10.0. The molecule has 6 heteroatoms. The molecule has 1 aromatic rings. The predicted octanol–water partition coefficient (Wildman–Crippen LogP) is 1.68. The summed E-state index contributed by atoms with van der Waals surface area (Å²) in [5.41, 5.74) is 6.58. The molecule has 0 bridgehead atoms. The van der Waals surface area contributed by atoms with Gasteiger partial charge in [0.25, 0.3) is 0 Å². The van der Waals surface area contributed by atoms with Gasteiger partial charge in [0.2, 0.25) is 10.0 Å². The average molecular weight is 298 g/mol. The minimum absolute atomic E-state index is 0.0108. The van der Waals surface area contributed by atoms with E-state index < -0.39 is 10.0 Å². The molecule has 0 radical (unpaired) electrons. The van der Waals surface area contributed by atoms with E-state index in [4.69, 9.17) is 18.0 Å². The lowest BCUT2D eigenvalue weighted by Gasteiger charge is -2.31. The van der Waals surface area contributed by atoms with Crippen LogP contribution in [0.2, 0.25) is 0 Å². The van der Waals surface area contributed by atoms with E-state index in [2.05, 4.69) is 0 Å². The quantitative estimate of drug-likeness (QED) is 0.862. The van der Waals surface area contributed by atoms with E-state index in [0.717, 1.165) is 18.4 Å². The molecule has 2 N–H and O–H groups in total. The van der Waals surface area contributed by atoms with Crippen LogP contribution in [0.3, 0.4) is 0 Å². The van der Waals surface area contributed by atoms with E-state index in [1.54, 1.807) is 18.2 Å². The van der Waals surface area contributed by atoms with Crippen LogP contribution in [0.5, 0.6) is 0 Å². The minimum atomic E-state index is -3.43. The Kier molecular flexibility index (Phi) is 4.23. The summed E-state index contributed by atoms with van der Waals surface area (Å²) in [4.78, 5) is 0.750. The highest BCUT2D eigenvalue weighted by Crippen LogP contribution is 2.24. The zero-order valence-electron chi connectivity index (χ0n) is 10.9. The van der Waals surface area contributed by atoms with E-state index >= 15 is 0 Å². The molecule has 1 unspecified atom stereocenters. The van der Waals surface area contributed by atoms with Gasteiger partial charge in [0.05, 0.1) is 9.88 Å². The Balaban J connectivity index is 2.27. The normalized spacial score (nSPS) is 21.2. The van der Waals surface area contributed by atoms with Gasteiger partial charge in [0.1, 0.15) is 0 Å². The Labute approximate surface area is 119 Å². The molecule has 0 spiro atoms. The van der Waals surface area contributed by atoms with Crippen molar-refractivity contribution >= 4 is 27.2 Å². The van der Waals surface area contributed by atoms with Gasteiger partial charge >= 0.3 is 0 Å². The topological polar surface area (TPSA) is 63.4 Å². The minimum Gasteiger partial charge on any atom is -0.393 e. The van der Waals surface area contributed by atoms with Crippen LogP contribution in [0.25, 0.3) is 0 Å². The molecule has 1 heterocycles. The largest absolute Gasteiger partial charge is 0.393 e. The van der Waals surface area contributed by atoms with Crippen LogP contribution in [0.15, 0.2) is 29.2 Å². The van der Waals surface area contributed by atoms with Gasteiger partial charge in [-0.05, 0) is 37.5 Å². The Bertz CT molecular complexity index is 584. The lowest BCUT2D eigenvalue weighted by Crippen LogP contribution is -2.43. The molecular weight excluding hydrogens is 280 g/mol. The molecule has 1 atom stereocenters. The molecule has 0 aromatic heterocycles. The summed E-state index contributed by atoms with van der Waals surface area (Å²) >= 11 is 4.99. The van der Waals surface area contributed by atoms with Gasteiger partial charge in [0.15, 0.2) is 0 Å². The molecule has 1 aromatic carbocycles. The number of aryl methyl sites for hydroxylation is 1. The van der Waals surface area contributed by atoms with Gasteiger partial charge in [-0.2, -0.15) is 4.31 Å². The van der Waals surface area contributed by atoms with Gasteiger partial charge in [-0.15, -0.1) is 0 Å². The summed E-state index contributed by atoms with van der Waals surface area (Å²) in [6.45, 7) is 2.81. The molecule has 0 amide bonds. The van der Waals surface area contributed by atoms with Crippen molar-refractivity contribution in [2.24, 2.45) is 11.7 Å². The Morgan fingerprint density at radius 3 is 2.84 bits per heavy atom. The van der Waals surface area contributed by atoms with E-state index in [-0.39, 0.29) is 5.92 Å². The lowest BCUT2D eigenvalue weighted by molar-refractivity contribution is 0.312. The first-order chi connectivity index (χ1) is 8.91. The Morgan fingerprint density at radius 2 is 2.21 bits per heavy atom. The van der Waals surface area contributed by atoms with Crippen molar-refractivity contribution in [1.29, 1.82) is 0 Å². The van der Waals surface area contributed by atoms with Crippen LogP contribution in [0, 0.1) is 12.8 Å². The molecule has 1 fully saturated rings.